The molecule has 0 bridgehead atoms. The van der Waals surface area contributed by atoms with Crippen LogP contribution < -0.4 is 0 Å². The first-order chi connectivity index (χ1) is 6.16. The van der Waals surface area contributed by atoms with E-state index in [4.69, 9.17) is 5.26 Å². The van der Waals surface area contributed by atoms with Crippen molar-refractivity contribution >= 4 is 0 Å². The monoisotopic (exact) mass is 186 g/mol. The van der Waals surface area contributed by atoms with Gasteiger partial charge < -0.3 is 0 Å². The molecule has 68 valence electrons. The van der Waals surface area contributed by atoms with Crippen LogP contribution >= 0.6 is 0 Å². The first-order valence-electron chi connectivity index (χ1n) is 3.44. The highest BCUT2D eigenvalue weighted by Gasteiger charge is 2.16. The average molecular weight is 186 g/mol. The zero-order valence-electron chi connectivity index (χ0n) is 6.47. The molecule has 0 radical (unpaired) electrons. The maximum absolute atomic E-state index is 13.0. The molecule has 13 heavy (non-hydrogen) atoms. The minimum atomic E-state index is -2.90. The summed E-state index contributed by atoms with van der Waals surface area (Å²) in [6.45, 7) is 0. The third kappa shape index (κ3) is 1.96. The van der Waals surface area contributed by atoms with Gasteiger partial charge in [0.05, 0.1) is 18.1 Å². The van der Waals surface area contributed by atoms with Gasteiger partial charge in [-0.05, 0) is 0 Å². The predicted octanol–water partition coefficient (Wildman–Crippen LogP) is 2.22. The maximum Gasteiger partial charge on any atom is 0.268 e. The van der Waals surface area contributed by atoms with Crippen molar-refractivity contribution in [3.63, 3.8) is 0 Å². The normalized spacial score (nSPS) is 10.1. The van der Waals surface area contributed by atoms with Gasteiger partial charge in [0.1, 0.15) is 5.82 Å². The lowest BCUT2D eigenvalue weighted by Crippen LogP contribution is -1.98. The topological polar surface area (TPSA) is 36.7 Å². The van der Waals surface area contributed by atoms with E-state index in [1.807, 2.05) is 0 Å². The fourth-order valence-corrected chi connectivity index (χ4v) is 0.867. The molecule has 0 aliphatic carbocycles. The van der Waals surface area contributed by atoms with Gasteiger partial charge in [-0.2, -0.15) is 5.26 Å². The van der Waals surface area contributed by atoms with Crippen LogP contribution in [-0.4, -0.2) is 4.98 Å². The molecular formula is C8H5F3N2. The fraction of sp³-hybridized carbons (Fsp3) is 0.250. The van der Waals surface area contributed by atoms with E-state index in [1.165, 1.54) is 0 Å². The number of halogens is 3. The van der Waals surface area contributed by atoms with Crippen LogP contribution in [0.25, 0.3) is 0 Å². The van der Waals surface area contributed by atoms with E-state index in [0.717, 1.165) is 12.4 Å². The molecule has 0 aliphatic heterocycles. The lowest BCUT2D eigenvalue weighted by molar-refractivity contribution is 0.145. The molecule has 1 rings (SSSR count). The van der Waals surface area contributed by atoms with Gasteiger partial charge in [0, 0.05) is 18.0 Å². The molecule has 0 amide bonds. The van der Waals surface area contributed by atoms with Crippen LogP contribution in [0.3, 0.4) is 0 Å². The standard InChI is InChI=1S/C8H5F3N2/c9-7-5(1-2-12)3-13-4-6(7)8(10)11/h3-4,8H,1H2. The lowest BCUT2D eigenvalue weighted by Gasteiger charge is -2.03. The number of aromatic nitrogens is 1. The lowest BCUT2D eigenvalue weighted by atomic mass is 10.1. The molecule has 2 nitrogen and oxygen atoms in total. The Kier molecular flexibility index (Phi) is 2.85. The Morgan fingerprint density at radius 3 is 2.69 bits per heavy atom. The molecule has 0 saturated heterocycles. The van der Waals surface area contributed by atoms with E-state index in [9.17, 15) is 13.2 Å². The van der Waals surface area contributed by atoms with E-state index < -0.39 is 17.8 Å². The van der Waals surface area contributed by atoms with E-state index in [-0.39, 0.29) is 12.0 Å². The van der Waals surface area contributed by atoms with Crippen LogP contribution in [0.2, 0.25) is 0 Å². The third-order valence-corrected chi connectivity index (χ3v) is 1.48. The Labute approximate surface area is 72.6 Å². The molecule has 0 atom stereocenters. The van der Waals surface area contributed by atoms with Gasteiger partial charge >= 0.3 is 0 Å². The Morgan fingerprint density at radius 1 is 1.46 bits per heavy atom. The second kappa shape index (κ2) is 3.90. The van der Waals surface area contributed by atoms with Crippen LogP contribution in [0.1, 0.15) is 17.6 Å². The van der Waals surface area contributed by atoms with Crippen molar-refractivity contribution in [2.75, 3.05) is 0 Å². The van der Waals surface area contributed by atoms with Crippen molar-refractivity contribution in [1.82, 2.24) is 4.98 Å². The highest BCUT2D eigenvalue weighted by atomic mass is 19.3. The summed E-state index contributed by atoms with van der Waals surface area (Å²) in [7, 11) is 0. The number of pyridine rings is 1. The summed E-state index contributed by atoms with van der Waals surface area (Å²) < 4.78 is 37.2. The molecule has 0 aromatic carbocycles. The molecule has 0 spiro atoms. The second-order valence-electron chi connectivity index (χ2n) is 2.34. The summed E-state index contributed by atoms with van der Waals surface area (Å²) in [6, 6.07) is 1.67. The van der Waals surface area contributed by atoms with Crippen LogP contribution in [-0.2, 0) is 6.42 Å². The summed E-state index contributed by atoms with van der Waals surface area (Å²) in [5.41, 5.74) is -0.854. The third-order valence-electron chi connectivity index (χ3n) is 1.48. The number of rotatable bonds is 2. The van der Waals surface area contributed by atoms with Crippen LogP contribution in [0.4, 0.5) is 13.2 Å². The first kappa shape index (κ1) is 9.52. The Hall–Kier alpha value is -1.57. The molecule has 0 N–H and O–H groups in total. The molecule has 1 aromatic heterocycles. The second-order valence-corrected chi connectivity index (χ2v) is 2.34. The smallest absolute Gasteiger partial charge is 0.264 e. The molecule has 1 heterocycles. The summed E-state index contributed by atoms with van der Waals surface area (Å²) in [5, 5.41) is 8.24. The minimum absolute atomic E-state index is 0.0969. The predicted molar refractivity (Wildman–Crippen MR) is 38.5 cm³/mol. The molecule has 0 saturated carbocycles. The molecule has 1 aromatic rings. The van der Waals surface area contributed by atoms with Crippen molar-refractivity contribution in [2.45, 2.75) is 12.8 Å². The van der Waals surface area contributed by atoms with Crippen molar-refractivity contribution in [1.29, 1.82) is 5.26 Å². The highest BCUT2D eigenvalue weighted by molar-refractivity contribution is 5.24. The highest BCUT2D eigenvalue weighted by Crippen LogP contribution is 2.22. The zero-order valence-corrected chi connectivity index (χ0v) is 6.47. The molecular weight excluding hydrogens is 181 g/mol. The van der Waals surface area contributed by atoms with Crippen molar-refractivity contribution in [3.05, 3.63) is 29.3 Å². The largest absolute Gasteiger partial charge is 0.268 e. The quantitative estimate of drug-likeness (QED) is 0.710. The van der Waals surface area contributed by atoms with Gasteiger partial charge in [-0.25, -0.2) is 13.2 Å². The number of nitrogens with zero attached hydrogens (tertiary/aromatic N) is 2. The Bertz CT molecular complexity index is 344. The van der Waals surface area contributed by atoms with Gasteiger partial charge in [0.2, 0.25) is 0 Å². The van der Waals surface area contributed by atoms with Gasteiger partial charge in [-0.3, -0.25) is 4.98 Å². The molecule has 0 unspecified atom stereocenters. The zero-order chi connectivity index (χ0) is 9.84. The van der Waals surface area contributed by atoms with E-state index in [2.05, 4.69) is 4.98 Å². The number of alkyl halides is 2. The first-order valence-corrected chi connectivity index (χ1v) is 3.44. The number of nitriles is 1. The molecule has 0 fully saturated rings. The van der Waals surface area contributed by atoms with E-state index in [1.54, 1.807) is 6.07 Å². The van der Waals surface area contributed by atoms with E-state index in [0.29, 0.717) is 0 Å². The maximum atomic E-state index is 13.0. The van der Waals surface area contributed by atoms with Crippen LogP contribution in [0.5, 0.6) is 0 Å². The number of hydrogen-bond donors (Lipinski definition) is 0. The van der Waals surface area contributed by atoms with Crippen LogP contribution in [0.15, 0.2) is 12.4 Å². The molecule has 5 heteroatoms. The summed E-state index contributed by atoms with van der Waals surface area (Å²) in [6.07, 6.45) is -1.31. The SMILES string of the molecule is N#CCc1cncc(C(F)F)c1F. The van der Waals surface area contributed by atoms with E-state index >= 15 is 0 Å². The summed E-state index contributed by atoms with van der Waals surface area (Å²) >= 11 is 0. The van der Waals surface area contributed by atoms with Crippen molar-refractivity contribution < 1.29 is 13.2 Å². The van der Waals surface area contributed by atoms with Crippen molar-refractivity contribution in [2.24, 2.45) is 0 Å². The van der Waals surface area contributed by atoms with Gasteiger partial charge in [0.15, 0.2) is 0 Å². The average Bonchev–Trinajstić information content (AvgIpc) is 2.08. The number of hydrogen-bond acceptors (Lipinski definition) is 2. The van der Waals surface area contributed by atoms with Crippen molar-refractivity contribution in [3.8, 4) is 6.07 Å². The minimum Gasteiger partial charge on any atom is -0.264 e. The van der Waals surface area contributed by atoms with Gasteiger partial charge in [-0.1, -0.05) is 0 Å². The summed E-state index contributed by atoms with van der Waals surface area (Å²) in [5.74, 6) is -1.04. The summed E-state index contributed by atoms with van der Waals surface area (Å²) in [4.78, 5) is 3.41. The fourth-order valence-electron chi connectivity index (χ4n) is 0.867. The van der Waals surface area contributed by atoms with Crippen LogP contribution in [0, 0.1) is 17.1 Å². The van der Waals surface area contributed by atoms with Gasteiger partial charge in [-0.15, -0.1) is 0 Å². The Morgan fingerprint density at radius 2 is 2.15 bits per heavy atom. The Balaban J connectivity index is 3.12. The van der Waals surface area contributed by atoms with Gasteiger partial charge in [0.25, 0.3) is 6.43 Å². The molecule has 0 aliphatic rings.